The second-order valence-electron chi connectivity index (χ2n) is 3.71. The molecule has 7 nitrogen and oxygen atoms in total. The van der Waals surface area contributed by atoms with Gasteiger partial charge in [-0.05, 0) is 6.07 Å². The summed E-state index contributed by atoms with van der Waals surface area (Å²) in [6, 6.07) is 1.71. The average Bonchev–Trinajstić information content (AvgIpc) is 2.84. The minimum atomic E-state index is -0.495. The van der Waals surface area contributed by atoms with Crippen molar-refractivity contribution >= 4 is 46.4 Å². The van der Waals surface area contributed by atoms with Gasteiger partial charge in [-0.3, -0.25) is 9.59 Å². The monoisotopic (exact) mass is 314 g/mol. The first-order valence-electron chi connectivity index (χ1n) is 5.56. The number of hydrogen-bond donors (Lipinski definition) is 2. The number of imidazole rings is 1. The summed E-state index contributed by atoms with van der Waals surface area (Å²) >= 11 is 7.02. The molecule has 9 heteroatoms. The molecule has 2 N–H and O–H groups in total. The Kier molecular flexibility index (Phi) is 4.80. The molecular formula is C11H11ClN4O3S. The lowest BCUT2D eigenvalue weighted by atomic mass is 10.4. The minimum Gasteiger partial charge on any atom is -0.468 e. The van der Waals surface area contributed by atoms with Crippen LogP contribution in [0.4, 0.5) is 0 Å². The van der Waals surface area contributed by atoms with E-state index >= 15 is 0 Å². The van der Waals surface area contributed by atoms with Crippen LogP contribution in [0.15, 0.2) is 17.4 Å². The maximum Gasteiger partial charge on any atom is 0.325 e. The van der Waals surface area contributed by atoms with Gasteiger partial charge in [0.25, 0.3) is 0 Å². The highest BCUT2D eigenvalue weighted by Gasteiger charge is 2.09. The van der Waals surface area contributed by atoms with E-state index in [1.54, 1.807) is 6.07 Å². The number of methoxy groups -OCH3 is 1. The number of pyridine rings is 1. The zero-order valence-corrected chi connectivity index (χ0v) is 12.0. The number of esters is 1. The lowest BCUT2D eigenvalue weighted by Gasteiger charge is -2.02. The molecule has 0 aromatic carbocycles. The second-order valence-corrected chi connectivity index (χ2v) is 5.11. The number of halogens is 1. The van der Waals surface area contributed by atoms with Gasteiger partial charge in [-0.2, -0.15) is 0 Å². The molecule has 0 aliphatic carbocycles. The maximum absolute atomic E-state index is 11.5. The maximum atomic E-state index is 11.5. The molecule has 0 bridgehead atoms. The first kappa shape index (κ1) is 14.6. The van der Waals surface area contributed by atoms with Crippen molar-refractivity contribution in [2.24, 2.45) is 0 Å². The Balaban J connectivity index is 1.89. The highest BCUT2D eigenvalue weighted by Crippen LogP contribution is 2.20. The standard InChI is InChI=1S/C11H11ClN4O3S/c1-19-9(18)4-13-8(17)5-20-11-15-7-2-6(12)3-14-10(7)16-11/h2-3H,4-5H2,1H3,(H,13,17)(H,14,15,16). The molecule has 0 atom stereocenters. The van der Waals surface area contributed by atoms with Crippen LogP contribution in [0.2, 0.25) is 5.02 Å². The lowest BCUT2D eigenvalue weighted by Crippen LogP contribution is -2.31. The van der Waals surface area contributed by atoms with E-state index in [0.717, 1.165) is 0 Å². The van der Waals surface area contributed by atoms with E-state index in [0.29, 0.717) is 21.3 Å². The highest BCUT2D eigenvalue weighted by molar-refractivity contribution is 7.99. The summed E-state index contributed by atoms with van der Waals surface area (Å²) in [5.41, 5.74) is 1.24. The fourth-order valence-corrected chi connectivity index (χ4v) is 2.21. The summed E-state index contributed by atoms with van der Waals surface area (Å²) in [5, 5.41) is 3.50. The van der Waals surface area contributed by atoms with Gasteiger partial charge in [0.2, 0.25) is 5.91 Å². The van der Waals surface area contributed by atoms with Crippen LogP contribution < -0.4 is 5.32 Å². The largest absolute Gasteiger partial charge is 0.468 e. The number of H-pyrrole nitrogens is 1. The summed E-state index contributed by atoms with van der Waals surface area (Å²) < 4.78 is 4.41. The van der Waals surface area contributed by atoms with Gasteiger partial charge in [0.15, 0.2) is 10.8 Å². The number of carbonyl (C=O) groups is 2. The topological polar surface area (TPSA) is 97.0 Å². The van der Waals surface area contributed by atoms with Crippen molar-refractivity contribution in [1.82, 2.24) is 20.3 Å². The van der Waals surface area contributed by atoms with Crippen LogP contribution in [0, 0.1) is 0 Å². The van der Waals surface area contributed by atoms with Crippen molar-refractivity contribution in [2.45, 2.75) is 5.16 Å². The summed E-state index contributed by atoms with van der Waals surface area (Å²) in [4.78, 5) is 33.6. The lowest BCUT2D eigenvalue weighted by molar-refractivity contribution is -0.140. The van der Waals surface area contributed by atoms with Crippen LogP contribution in [0.5, 0.6) is 0 Å². The molecular weight excluding hydrogens is 304 g/mol. The van der Waals surface area contributed by atoms with Crippen LogP contribution in [-0.4, -0.2) is 46.2 Å². The molecule has 0 fully saturated rings. The van der Waals surface area contributed by atoms with E-state index < -0.39 is 5.97 Å². The van der Waals surface area contributed by atoms with E-state index in [1.807, 2.05) is 0 Å². The van der Waals surface area contributed by atoms with Gasteiger partial charge in [0.05, 0.1) is 23.4 Å². The highest BCUT2D eigenvalue weighted by atomic mass is 35.5. The number of nitrogens with one attached hydrogen (secondary N) is 2. The summed E-state index contributed by atoms with van der Waals surface area (Å²) in [6.07, 6.45) is 1.50. The molecule has 2 heterocycles. The zero-order valence-electron chi connectivity index (χ0n) is 10.5. The van der Waals surface area contributed by atoms with Crippen LogP contribution >= 0.6 is 23.4 Å². The number of thioether (sulfide) groups is 1. The number of hydrogen-bond acceptors (Lipinski definition) is 6. The smallest absolute Gasteiger partial charge is 0.325 e. The Labute approximate surface area is 123 Å². The van der Waals surface area contributed by atoms with Crippen LogP contribution in [-0.2, 0) is 14.3 Å². The van der Waals surface area contributed by atoms with E-state index in [-0.39, 0.29) is 18.2 Å². The van der Waals surface area contributed by atoms with Crippen molar-refractivity contribution in [3.05, 3.63) is 17.3 Å². The first-order chi connectivity index (χ1) is 9.58. The molecule has 106 valence electrons. The van der Waals surface area contributed by atoms with Crippen molar-refractivity contribution in [3.8, 4) is 0 Å². The summed E-state index contributed by atoms with van der Waals surface area (Å²) in [5.74, 6) is -0.650. The number of aromatic nitrogens is 3. The Hall–Kier alpha value is -1.80. The molecule has 0 unspecified atom stereocenters. The molecule has 2 aromatic rings. The number of nitrogens with zero attached hydrogens (tertiary/aromatic N) is 2. The quantitative estimate of drug-likeness (QED) is 0.631. The van der Waals surface area contributed by atoms with Crippen LogP contribution in [0.25, 0.3) is 11.2 Å². The fourth-order valence-electron chi connectivity index (χ4n) is 1.35. The number of rotatable bonds is 5. The minimum absolute atomic E-state index is 0.130. The van der Waals surface area contributed by atoms with Crippen LogP contribution in [0.1, 0.15) is 0 Å². The molecule has 20 heavy (non-hydrogen) atoms. The second kappa shape index (κ2) is 6.58. The Morgan fingerprint density at radius 2 is 2.35 bits per heavy atom. The van der Waals surface area contributed by atoms with Gasteiger partial charge < -0.3 is 15.0 Å². The molecule has 0 saturated heterocycles. The zero-order chi connectivity index (χ0) is 14.5. The van der Waals surface area contributed by atoms with Gasteiger partial charge in [0, 0.05) is 6.20 Å². The van der Waals surface area contributed by atoms with E-state index in [4.69, 9.17) is 11.6 Å². The molecule has 2 aromatic heterocycles. The van der Waals surface area contributed by atoms with E-state index in [2.05, 4.69) is 25.0 Å². The SMILES string of the molecule is COC(=O)CNC(=O)CSc1nc2ncc(Cl)cc2[nH]1. The van der Waals surface area contributed by atoms with Gasteiger partial charge in [0.1, 0.15) is 6.54 Å². The molecule has 1 amide bonds. The van der Waals surface area contributed by atoms with Gasteiger partial charge in [-0.1, -0.05) is 23.4 Å². The number of fused-ring (bicyclic) bond motifs is 1. The van der Waals surface area contributed by atoms with Crippen molar-refractivity contribution in [3.63, 3.8) is 0 Å². The Morgan fingerprint density at radius 1 is 1.55 bits per heavy atom. The Bertz CT molecular complexity index is 646. The number of carbonyl (C=O) groups excluding carboxylic acids is 2. The molecule has 2 rings (SSSR count). The first-order valence-corrected chi connectivity index (χ1v) is 6.92. The van der Waals surface area contributed by atoms with Crippen molar-refractivity contribution in [2.75, 3.05) is 19.4 Å². The van der Waals surface area contributed by atoms with Crippen molar-refractivity contribution < 1.29 is 14.3 Å². The van der Waals surface area contributed by atoms with Gasteiger partial charge in [-0.15, -0.1) is 0 Å². The number of ether oxygens (including phenoxy) is 1. The summed E-state index contributed by atoms with van der Waals surface area (Å²) in [6.45, 7) is -0.146. The predicted molar refractivity (Wildman–Crippen MR) is 74.6 cm³/mol. The summed E-state index contributed by atoms with van der Waals surface area (Å²) in [7, 11) is 1.26. The predicted octanol–water partition coefficient (Wildman–Crippen LogP) is 0.993. The third-order valence-electron chi connectivity index (χ3n) is 2.28. The van der Waals surface area contributed by atoms with Gasteiger partial charge >= 0.3 is 5.97 Å². The van der Waals surface area contributed by atoms with Crippen molar-refractivity contribution in [1.29, 1.82) is 0 Å². The molecule has 0 aliphatic rings. The average molecular weight is 315 g/mol. The molecule has 0 aliphatic heterocycles. The van der Waals surface area contributed by atoms with Crippen LogP contribution in [0.3, 0.4) is 0 Å². The van der Waals surface area contributed by atoms with E-state index in [1.165, 1.54) is 25.1 Å². The molecule has 0 spiro atoms. The molecule has 0 radical (unpaired) electrons. The number of aromatic amines is 1. The fraction of sp³-hybridized carbons (Fsp3) is 0.273. The third kappa shape index (κ3) is 3.84. The normalized spacial score (nSPS) is 10.5. The number of amides is 1. The van der Waals surface area contributed by atoms with Gasteiger partial charge in [-0.25, -0.2) is 9.97 Å². The molecule has 0 saturated carbocycles. The van der Waals surface area contributed by atoms with E-state index in [9.17, 15) is 9.59 Å². The Morgan fingerprint density at radius 3 is 3.10 bits per heavy atom. The third-order valence-corrected chi connectivity index (χ3v) is 3.36.